The standard InChI is InChI=1S/C15H18F2N4O2/c1-8(4-10-5-9(2)20-21-10)18-15(22)19-13-6-12(17)14(23-3)7-11(13)16/h5-8H,4H2,1-3H3,(H,20,21)(H2,18,19,22)/t8-/m1/s1. The summed E-state index contributed by atoms with van der Waals surface area (Å²) in [5.74, 6) is -1.77. The number of benzene rings is 1. The maximum absolute atomic E-state index is 13.8. The zero-order valence-corrected chi connectivity index (χ0v) is 13.0. The molecule has 0 spiro atoms. The first-order valence-electron chi connectivity index (χ1n) is 7.00. The Kier molecular flexibility index (Phi) is 5.15. The van der Waals surface area contributed by atoms with E-state index in [1.165, 1.54) is 7.11 Å². The highest BCUT2D eigenvalue weighted by atomic mass is 19.1. The maximum atomic E-state index is 13.8. The highest BCUT2D eigenvalue weighted by molar-refractivity contribution is 5.89. The molecule has 1 aromatic carbocycles. The van der Waals surface area contributed by atoms with Gasteiger partial charge in [-0.15, -0.1) is 0 Å². The predicted octanol–water partition coefficient (Wildman–Crippen LogP) is 2.76. The van der Waals surface area contributed by atoms with Gasteiger partial charge in [-0.1, -0.05) is 0 Å². The molecule has 0 bridgehead atoms. The third-order valence-corrected chi connectivity index (χ3v) is 3.14. The molecule has 1 atom stereocenters. The van der Waals surface area contributed by atoms with E-state index in [0.29, 0.717) is 6.42 Å². The van der Waals surface area contributed by atoms with Crippen molar-refractivity contribution in [3.05, 3.63) is 41.2 Å². The number of amides is 2. The molecule has 0 radical (unpaired) electrons. The lowest BCUT2D eigenvalue weighted by molar-refractivity contribution is 0.249. The Morgan fingerprint density at radius 2 is 2.09 bits per heavy atom. The van der Waals surface area contributed by atoms with Crippen LogP contribution < -0.4 is 15.4 Å². The number of halogens is 2. The van der Waals surface area contributed by atoms with Gasteiger partial charge in [-0.05, 0) is 19.9 Å². The molecule has 8 heteroatoms. The van der Waals surface area contributed by atoms with Crippen LogP contribution in [0.3, 0.4) is 0 Å². The second kappa shape index (κ2) is 7.08. The molecule has 1 aromatic heterocycles. The number of rotatable bonds is 5. The number of ether oxygens (including phenoxy) is 1. The molecule has 2 amide bonds. The average molecular weight is 324 g/mol. The lowest BCUT2D eigenvalue weighted by Gasteiger charge is -2.14. The van der Waals surface area contributed by atoms with Gasteiger partial charge in [0, 0.05) is 30.3 Å². The largest absolute Gasteiger partial charge is 0.494 e. The Hall–Kier alpha value is -2.64. The number of carbonyl (C=O) groups excluding carboxylic acids is 1. The fourth-order valence-electron chi connectivity index (χ4n) is 2.11. The van der Waals surface area contributed by atoms with Gasteiger partial charge >= 0.3 is 6.03 Å². The van der Waals surface area contributed by atoms with Crippen LogP contribution in [-0.4, -0.2) is 29.4 Å². The Labute approximate surface area is 132 Å². The molecule has 0 aliphatic carbocycles. The maximum Gasteiger partial charge on any atom is 0.319 e. The summed E-state index contributed by atoms with van der Waals surface area (Å²) < 4.78 is 32.0. The van der Waals surface area contributed by atoms with E-state index in [-0.39, 0.29) is 17.5 Å². The van der Waals surface area contributed by atoms with Gasteiger partial charge in [0.05, 0.1) is 18.5 Å². The Morgan fingerprint density at radius 1 is 1.35 bits per heavy atom. The highest BCUT2D eigenvalue weighted by Crippen LogP contribution is 2.24. The van der Waals surface area contributed by atoms with Crippen LogP contribution >= 0.6 is 0 Å². The lowest BCUT2D eigenvalue weighted by Crippen LogP contribution is -2.37. The average Bonchev–Trinajstić information content (AvgIpc) is 2.87. The van der Waals surface area contributed by atoms with E-state index in [2.05, 4.69) is 25.6 Å². The molecule has 0 saturated carbocycles. The van der Waals surface area contributed by atoms with Crippen molar-refractivity contribution in [2.75, 3.05) is 12.4 Å². The van der Waals surface area contributed by atoms with Crippen LogP contribution in [0.25, 0.3) is 0 Å². The molecule has 0 aliphatic rings. The monoisotopic (exact) mass is 324 g/mol. The molecule has 2 aromatic rings. The summed E-state index contributed by atoms with van der Waals surface area (Å²) in [6, 6.07) is 2.75. The van der Waals surface area contributed by atoms with Crippen LogP contribution in [0.15, 0.2) is 18.2 Å². The van der Waals surface area contributed by atoms with Crippen LogP contribution in [0.1, 0.15) is 18.3 Å². The minimum atomic E-state index is -0.783. The number of hydrogen-bond donors (Lipinski definition) is 3. The molecular formula is C15H18F2N4O2. The molecule has 124 valence electrons. The minimum absolute atomic E-state index is 0.226. The molecule has 1 heterocycles. The van der Waals surface area contributed by atoms with Gasteiger partial charge < -0.3 is 15.4 Å². The van der Waals surface area contributed by atoms with E-state index >= 15 is 0 Å². The zero-order chi connectivity index (χ0) is 17.0. The summed E-state index contributed by atoms with van der Waals surface area (Å²) in [5, 5.41) is 11.8. The van der Waals surface area contributed by atoms with Crippen molar-refractivity contribution in [2.24, 2.45) is 0 Å². The first kappa shape index (κ1) is 16.7. The SMILES string of the molecule is COc1cc(F)c(NC(=O)N[C@H](C)Cc2cc(C)[nH]n2)cc1F. The first-order valence-corrected chi connectivity index (χ1v) is 7.00. The van der Waals surface area contributed by atoms with E-state index < -0.39 is 17.7 Å². The van der Waals surface area contributed by atoms with Gasteiger partial charge in [0.15, 0.2) is 17.4 Å². The number of aromatic amines is 1. The van der Waals surface area contributed by atoms with E-state index in [9.17, 15) is 13.6 Å². The summed E-state index contributed by atoms with van der Waals surface area (Å²) in [7, 11) is 1.23. The number of nitrogens with one attached hydrogen (secondary N) is 3. The quantitative estimate of drug-likeness (QED) is 0.791. The van der Waals surface area contributed by atoms with E-state index in [1.54, 1.807) is 6.92 Å². The van der Waals surface area contributed by atoms with Crippen LogP contribution in [0, 0.1) is 18.6 Å². The van der Waals surface area contributed by atoms with Crippen molar-refractivity contribution in [1.29, 1.82) is 0 Å². The first-order chi connectivity index (χ1) is 10.9. The number of nitrogens with zero attached hydrogens (tertiary/aromatic N) is 1. The third-order valence-electron chi connectivity index (χ3n) is 3.14. The number of H-pyrrole nitrogens is 1. The molecule has 23 heavy (non-hydrogen) atoms. The Bertz CT molecular complexity index is 703. The zero-order valence-electron chi connectivity index (χ0n) is 13.0. The second-order valence-electron chi connectivity index (χ2n) is 5.21. The van der Waals surface area contributed by atoms with Crippen molar-refractivity contribution in [2.45, 2.75) is 26.3 Å². The summed E-state index contributed by atoms with van der Waals surface area (Å²) in [6.07, 6.45) is 0.511. The third kappa shape index (κ3) is 4.41. The van der Waals surface area contributed by atoms with Gasteiger partial charge in [-0.2, -0.15) is 5.10 Å². The van der Waals surface area contributed by atoms with Crippen LogP contribution in [0.4, 0.5) is 19.3 Å². The molecule has 2 rings (SSSR count). The number of carbonyl (C=O) groups is 1. The lowest BCUT2D eigenvalue weighted by atomic mass is 10.2. The number of urea groups is 1. The van der Waals surface area contributed by atoms with Crippen molar-refractivity contribution in [3.63, 3.8) is 0 Å². The molecule has 3 N–H and O–H groups in total. The molecule has 0 unspecified atom stereocenters. The number of methoxy groups -OCH3 is 1. The van der Waals surface area contributed by atoms with Gasteiger partial charge in [0.2, 0.25) is 0 Å². The van der Waals surface area contributed by atoms with Crippen molar-refractivity contribution >= 4 is 11.7 Å². The summed E-state index contributed by atoms with van der Waals surface area (Å²) in [5.41, 5.74) is 1.47. The molecular weight excluding hydrogens is 306 g/mol. The fourth-order valence-corrected chi connectivity index (χ4v) is 2.11. The van der Waals surface area contributed by atoms with Crippen molar-refractivity contribution in [3.8, 4) is 5.75 Å². The van der Waals surface area contributed by atoms with Gasteiger partial charge in [0.25, 0.3) is 0 Å². The Balaban J connectivity index is 1.95. The van der Waals surface area contributed by atoms with E-state index in [4.69, 9.17) is 0 Å². The number of aryl methyl sites for hydroxylation is 1. The Morgan fingerprint density at radius 3 is 2.70 bits per heavy atom. The number of hydrogen-bond acceptors (Lipinski definition) is 3. The van der Waals surface area contributed by atoms with Crippen molar-refractivity contribution < 1.29 is 18.3 Å². The topological polar surface area (TPSA) is 79.0 Å². The normalized spacial score (nSPS) is 11.9. The smallest absolute Gasteiger partial charge is 0.319 e. The number of anilines is 1. The van der Waals surface area contributed by atoms with E-state index in [0.717, 1.165) is 23.5 Å². The molecule has 0 saturated heterocycles. The minimum Gasteiger partial charge on any atom is -0.494 e. The molecule has 0 fully saturated rings. The van der Waals surface area contributed by atoms with Crippen molar-refractivity contribution in [1.82, 2.24) is 15.5 Å². The molecule has 0 aliphatic heterocycles. The number of aromatic nitrogens is 2. The predicted molar refractivity (Wildman–Crippen MR) is 81.6 cm³/mol. The fraction of sp³-hybridized carbons (Fsp3) is 0.333. The molecule has 6 nitrogen and oxygen atoms in total. The van der Waals surface area contributed by atoms with Gasteiger partial charge in [-0.25, -0.2) is 13.6 Å². The van der Waals surface area contributed by atoms with Crippen LogP contribution in [0.2, 0.25) is 0 Å². The summed E-state index contributed by atoms with van der Waals surface area (Å²) in [6.45, 7) is 3.66. The van der Waals surface area contributed by atoms with Gasteiger partial charge in [-0.3, -0.25) is 5.10 Å². The highest BCUT2D eigenvalue weighted by Gasteiger charge is 2.14. The summed E-state index contributed by atoms with van der Waals surface area (Å²) in [4.78, 5) is 11.9. The second-order valence-corrected chi connectivity index (χ2v) is 5.21. The van der Waals surface area contributed by atoms with E-state index in [1.807, 2.05) is 13.0 Å². The van der Waals surface area contributed by atoms with Gasteiger partial charge in [0.1, 0.15) is 0 Å². The summed E-state index contributed by atoms with van der Waals surface area (Å²) >= 11 is 0. The van der Waals surface area contributed by atoms with Crippen LogP contribution in [0.5, 0.6) is 5.75 Å². The van der Waals surface area contributed by atoms with Crippen LogP contribution in [-0.2, 0) is 6.42 Å².